The van der Waals surface area contributed by atoms with Crippen LogP contribution in [-0.4, -0.2) is 6.04 Å². The lowest BCUT2D eigenvalue weighted by Crippen LogP contribution is -2.46. The van der Waals surface area contributed by atoms with Gasteiger partial charge in [0.2, 0.25) is 0 Å². The molecule has 3 N–H and O–H groups in total. The van der Waals surface area contributed by atoms with E-state index in [0.29, 0.717) is 6.04 Å². The van der Waals surface area contributed by atoms with E-state index in [1.165, 1.54) is 32.1 Å². The summed E-state index contributed by atoms with van der Waals surface area (Å²) >= 11 is 0. The molecule has 3 atom stereocenters. The highest BCUT2D eigenvalue weighted by Crippen LogP contribution is 2.44. The van der Waals surface area contributed by atoms with Crippen molar-refractivity contribution in [3.05, 3.63) is 35.4 Å². The van der Waals surface area contributed by atoms with E-state index in [1.807, 2.05) is 0 Å². The first kappa shape index (κ1) is 10.3. The third-order valence-electron chi connectivity index (χ3n) is 4.48. The summed E-state index contributed by atoms with van der Waals surface area (Å²) in [5.41, 5.74) is 6.20. The van der Waals surface area contributed by atoms with E-state index < -0.39 is 0 Å². The van der Waals surface area contributed by atoms with Crippen LogP contribution in [0, 0.1) is 5.92 Å². The Morgan fingerprint density at radius 1 is 1.12 bits per heavy atom. The smallest absolute Gasteiger partial charge is 0.0244 e. The van der Waals surface area contributed by atoms with E-state index in [0.717, 1.165) is 11.8 Å². The molecule has 0 amide bonds. The van der Waals surface area contributed by atoms with Gasteiger partial charge in [0.1, 0.15) is 0 Å². The van der Waals surface area contributed by atoms with Crippen LogP contribution in [0.5, 0.6) is 0 Å². The van der Waals surface area contributed by atoms with Gasteiger partial charge in [-0.3, -0.25) is 11.3 Å². The van der Waals surface area contributed by atoms with Gasteiger partial charge in [-0.1, -0.05) is 30.7 Å². The molecule has 0 heterocycles. The maximum atomic E-state index is 5.68. The SMILES string of the molecule is NNC1CCCC2c3ccccc3CCC12. The van der Waals surface area contributed by atoms with Gasteiger partial charge in [0.15, 0.2) is 0 Å². The van der Waals surface area contributed by atoms with E-state index in [-0.39, 0.29) is 0 Å². The molecular formula is C14H20N2. The van der Waals surface area contributed by atoms with Gasteiger partial charge in [-0.15, -0.1) is 0 Å². The van der Waals surface area contributed by atoms with E-state index in [4.69, 9.17) is 5.84 Å². The van der Waals surface area contributed by atoms with Crippen LogP contribution in [0.1, 0.15) is 42.7 Å². The molecule has 2 heteroatoms. The average molecular weight is 216 g/mol. The van der Waals surface area contributed by atoms with Crippen molar-refractivity contribution >= 4 is 0 Å². The minimum atomic E-state index is 0.534. The molecule has 1 aromatic rings. The van der Waals surface area contributed by atoms with E-state index in [1.54, 1.807) is 11.1 Å². The second kappa shape index (κ2) is 4.19. The fourth-order valence-corrected chi connectivity index (χ4v) is 3.71. The second-order valence-corrected chi connectivity index (χ2v) is 5.21. The molecule has 1 fully saturated rings. The number of benzene rings is 1. The molecule has 86 valence electrons. The zero-order valence-electron chi connectivity index (χ0n) is 9.65. The van der Waals surface area contributed by atoms with Crippen LogP contribution in [-0.2, 0) is 6.42 Å². The molecule has 0 aromatic heterocycles. The summed E-state index contributed by atoms with van der Waals surface area (Å²) in [4.78, 5) is 0. The van der Waals surface area contributed by atoms with Crippen molar-refractivity contribution < 1.29 is 0 Å². The highest BCUT2D eigenvalue weighted by molar-refractivity contribution is 5.34. The minimum absolute atomic E-state index is 0.534. The van der Waals surface area contributed by atoms with E-state index in [2.05, 4.69) is 29.7 Å². The number of hydrogen-bond donors (Lipinski definition) is 2. The third kappa shape index (κ3) is 1.57. The van der Waals surface area contributed by atoms with Crippen molar-refractivity contribution in [1.29, 1.82) is 0 Å². The lowest BCUT2D eigenvalue weighted by Gasteiger charge is -2.42. The van der Waals surface area contributed by atoms with Gasteiger partial charge in [-0.25, -0.2) is 0 Å². The maximum Gasteiger partial charge on any atom is 0.0244 e. The Bertz CT molecular complexity index is 375. The number of fused-ring (bicyclic) bond motifs is 3. The first-order valence-electron chi connectivity index (χ1n) is 6.44. The van der Waals surface area contributed by atoms with Crippen LogP contribution in [0.25, 0.3) is 0 Å². The van der Waals surface area contributed by atoms with Gasteiger partial charge < -0.3 is 0 Å². The summed E-state index contributed by atoms with van der Waals surface area (Å²) in [5, 5.41) is 0. The lowest BCUT2D eigenvalue weighted by molar-refractivity contribution is 0.206. The Kier molecular flexibility index (Phi) is 2.70. The fraction of sp³-hybridized carbons (Fsp3) is 0.571. The molecule has 2 nitrogen and oxygen atoms in total. The first-order chi connectivity index (χ1) is 7.90. The molecule has 2 aliphatic carbocycles. The Balaban J connectivity index is 1.94. The Morgan fingerprint density at radius 2 is 2.00 bits per heavy atom. The molecule has 3 rings (SSSR count). The van der Waals surface area contributed by atoms with Gasteiger partial charge >= 0.3 is 0 Å². The summed E-state index contributed by atoms with van der Waals surface area (Å²) in [6.07, 6.45) is 6.44. The lowest BCUT2D eigenvalue weighted by atomic mass is 9.66. The van der Waals surface area contributed by atoms with Gasteiger partial charge in [0.25, 0.3) is 0 Å². The average Bonchev–Trinajstić information content (AvgIpc) is 2.37. The largest absolute Gasteiger partial charge is 0.271 e. The molecule has 0 saturated heterocycles. The fourth-order valence-electron chi connectivity index (χ4n) is 3.71. The van der Waals surface area contributed by atoms with Crippen molar-refractivity contribution in [2.24, 2.45) is 11.8 Å². The number of hydrogen-bond acceptors (Lipinski definition) is 2. The van der Waals surface area contributed by atoms with E-state index in [9.17, 15) is 0 Å². The quantitative estimate of drug-likeness (QED) is 0.558. The van der Waals surface area contributed by atoms with Crippen LogP contribution in [0.3, 0.4) is 0 Å². The second-order valence-electron chi connectivity index (χ2n) is 5.21. The van der Waals surface area contributed by atoms with Crippen molar-refractivity contribution in [2.45, 2.75) is 44.1 Å². The summed E-state index contributed by atoms with van der Waals surface area (Å²) in [6.45, 7) is 0. The van der Waals surface area contributed by atoms with Crippen LogP contribution in [0.15, 0.2) is 24.3 Å². The molecule has 0 radical (unpaired) electrons. The van der Waals surface area contributed by atoms with Crippen molar-refractivity contribution in [1.82, 2.24) is 5.43 Å². The zero-order chi connectivity index (χ0) is 11.0. The van der Waals surface area contributed by atoms with Crippen LogP contribution < -0.4 is 11.3 Å². The summed E-state index contributed by atoms with van der Waals surface area (Å²) in [6, 6.07) is 9.50. The molecule has 1 saturated carbocycles. The number of hydrazine groups is 1. The normalized spacial score (nSPS) is 32.9. The Hall–Kier alpha value is -0.860. The number of aryl methyl sites for hydroxylation is 1. The van der Waals surface area contributed by atoms with Gasteiger partial charge in [-0.05, 0) is 48.6 Å². The number of nitrogens with two attached hydrogens (primary N) is 1. The Morgan fingerprint density at radius 3 is 2.88 bits per heavy atom. The first-order valence-corrected chi connectivity index (χ1v) is 6.44. The van der Waals surface area contributed by atoms with Gasteiger partial charge in [-0.2, -0.15) is 0 Å². The highest BCUT2D eigenvalue weighted by Gasteiger charge is 2.36. The minimum Gasteiger partial charge on any atom is -0.271 e. The standard InChI is InChI=1S/C14H20N2/c15-16-14-7-3-6-12-11-5-2-1-4-10(11)8-9-13(12)14/h1-2,4-5,12-14,16H,3,6-9,15H2. The van der Waals surface area contributed by atoms with Crippen molar-refractivity contribution in [3.63, 3.8) is 0 Å². The Labute approximate surface area is 97.2 Å². The molecule has 2 aliphatic rings. The topological polar surface area (TPSA) is 38.0 Å². The predicted octanol–water partition coefficient (Wildman–Crippen LogP) is 2.35. The van der Waals surface area contributed by atoms with Crippen LogP contribution in [0.4, 0.5) is 0 Å². The van der Waals surface area contributed by atoms with E-state index >= 15 is 0 Å². The molecule has 0 bridgehead atoms. The van der Waals surface area contributed by atoms with Crippen LogP contribution >= 0.6 is 0 Å². The zero-order valence-corrected chi connectivity index (χ0v) is 9.65. The molecular weight excluding hydrogens is 196 g/mol. The summed E-state index contributed by atoms with van der Waals surface area (Å²) in [5.74, 6) is 7.19. The van der Waals surface area contributed by atoms with Crippen molar-refractivity contribution in [3.8, 4) is 0 Å². The monoisotopic (exact) mass is 216 g/mol. The number of rotatable bonds is 1. The van der Waals surface area contributed by atoms with Crippen molar-refractivity contribution in [2.75, 3.05) is 0 Å². The predicted molar refractivity (Wildman–Crippen MR) is 66.0 cm³/mol. The summed E-state index contributed by atoms with van der Waals surface area (Å²) < 4.78 is 0. The van der Waals surface area contributed by atoms with Gasteiger partial charge in [0, 0.05) is 6.04 Å². The molecule has 16 heavy (non-hydrogen) atoms. The molecule has 1 aromatic carbocycles. The summed E-state index contributed by atoms with van der Waals surface area (Å²) in [7, 11) is 0. The van der Waals surface area contributed by atoms with Gasteiger partial charge in [0.05, 0.1) is 0 Å². The maximum absolute atomic E-state index is 5.68. The molecule has 0 aliphatic heterocycles. The number of nitrogens with one attached hydrogen (secondary N) is 1. The third-order valence-corrected chi connectivity index (χ3v) is 4.48. The van der Waals surface area contributed by atoms with Crippen LogP contribution in [0.2, 0.25) is 0 Å². The highest BCUT2D eigenvalue weighted by atomic mass is 15.2. The molecule has 3 unspecified atom stereocenters. The molecule has 0 spiro atoms.